The number of benzene rings is 1. The molecule has 0 bridgehead atoms. The molecule has 6 heteroatoms. The van der Waals surface area contributed by atoms with Crippen LogP contribution in [0.5, 0.6) is 5.75 Å². The predicted molar refractivity (Wildman–Crippen MR) is 69.1 cm³/mol. The maximum Gasteiger partial charge on any atom is 0.332 e. The second-order valence-corrected chi connectivity index (χ2v) is 3.97. The van der Waals surface area contributed by atoms with Gasteiger partial charge in [0.15, 0.2) is 0 Å². The lowest BCUT2D eigenvalue weighted by molar-refractivity contribution is 0.415. The molecule has 0 amide bonds. The summed E-state index contributed by atoms with van der Waals surface area (Å²) in [6.45, 7) is 0.188. The standard InChI is InChI=1S/C12H15N3O3/c1-13-7-15-11(16)9-5-4-8(18-3)6-10(9)14(2)12(15)17/h4-6,13H,7H2,1-3H3. The summed E-state index contributed by atoms with van der Waals surface area (Å²) in [7, 11) is 4.86. The van der Waals surface area contributed by atoms with Crippen molar-refractivity contribution < 1.29 is 4.74 Å². The Kier molecular flexibility index (Phi) is 3.20. The largest absolute Gasteiger partial charge is 0.497 e. The molecule has 1 heterocycles. The van der Waals surface area contributed by atoms with Crippen LogP contribution in [-0.4, -0.2) is 23.3 Å². The molecular weight excluding hydrogens is 234 g/mol. The van der Waals surface area contributed by atoms with Gasteiger partial charge in [-0.25, -0.2) is 9.36 Å². The zero-order valence-corrected chi connectivity index (χ0v) is 10.6. The highest BCUT2D eigenvalue weighted by Crippen LogP contribution is 2.16. The van der Waals surface area contributed by atoms with Gasteiger partial charge in [0.1, 0.15) is 5.75 Å². The molecular formula is C12H15N3O3. The molecule has 0 unspecified atom stereocenters. The predicted octanol–water partition coefficient (Wildman–Crippen LogP) is -0.114. The molecule has 1 aromatic heterocycles. The number of fused-ring (bicyclic) bond motifs is 1. The quantitative estimate of drug-likeness (QED) is 0.824. The van der Waals surface area contributed by atoms with Crippen molar-refractivity contribution in [3.63, 3.8) is 0 Å². The summed E-state index contributed by atoms with van der Waals surface area (Å²) in [6.07, 6.45) is 0. The van der Waals surface area contributed by atoms with E-state index in [1.54, 1.807) is 39.4 Å². The second-order valence-electron chi connectivity index (χ2n) is 3.97. The maximum atomic E-state index is 12.2. The van der Waals surface area contributed by atoms with Crippen LogP contribution in [0.25, 0.3) is 10.9 Å². The Bertz CT molecular complexity index is 700. The van der Waals surface area contributed by atoms with Crippen LogP contribution in [0.4, 0.5) is 0 Å². The highest BCUT2D eigenvalue weighted by molar-refractivity contribution is 5.79. The van der Waals surface area contributed by atoms with Gasteiger partial charge >= 0.3 is 5.69 Å². The summed E-state index contributed by atoms with van der Waals surface area (Å²) < 4.78 is 7.70. The third kappa shape index (κ3) is 1.80. The molecule has 0 saturated carbocycles. The van der Waals surface area contributed by atoms with Crippen molar-refractivity contribution in [1.29, 1.82) is 0 Å². The Morgan fingerprint density at radius 1 is 1.33 bits per heavy atom. The number of ether oxygens (including phenoxy) is 1. The molecule has 0 aliphatic rings. The minimum absolute atomic E-state index is 0.188. The summed E-state index contributed by atoms with van der Waals surface area (Å²) in [5, 5.41) is 3.30. The van der Waals surface area contributed by atoms with Gasteiger partial charge in [0.05, 0.1) is 24.7 Å². The van der Waals surface area contributed by atoms with Gasteiger partial charge < -0.3 is 10.1 Å². The average molecular weight is 249 g/mol. The topological polar surface area (TPSA) is 65.3 Å². The number of aromatic nitrogens is 2. The second kappa shape index (κ2) is 4.66. The summed E-state index contributed by atoms with van der Waals surface area (Å²) in [6, 6.07) is 5.06. The van der Waals surface area contributed by atoms with Crippen molar-refractivity contribution in [3.05, 3.63) is 39.0 Å². The van der Waals surface area contributed by atoms with E-state index in [4.69, 9.17) is 4.74 Å². The van der Waals surface area contributed by atoms with Crippen molar-refractivity contribution >= 4 is 10.9 Å². The van der Waals surface area contributed by atoms with Crippen LogP contribution in [0.15, 0.2) is 27.8 Å². The lowest BCUT2D eigenvalue weighted by atomic mass is 10.2. The Morgan fingerprint density at radius 3 is 2.67 bits per heavy atom. The number of aryl methyl sites for hydroxylation is 1. The number of methoxy groups -OCH3 is 1. The highest BCUT2D eigenvalue weighted by atomic mass is 16.5. The third-order valence-corrected chi connectivity index (χ3v) is 2.88. The average Bonchev–Trinajstić information content (AvgIpc) is 2.40. The molecule has 18 heavy (non-hydrogen) atoms. The smallest absolute Gasteiger partial charge is 0.332 e. The van der Waals surface area contributed by atoms with Gasteiger partial charge in [-0.05, 0) is 19.2 Å². The van der Waals surface area contributed by atoms with Crippen molar-refractivity contribution in [2.45, 2.75) is 6.67 Å². The molecule has 1 N–H and O–H groups in total. The van der Waals surface area contributed by atoms with Crippen LogP contribution in [0, 0.1) is 0 Å². The fourth-order valence-electron chi connectivity index (χ4n) is 1.91. The molecule has 96 valence electrons. The molecule has 2 aromatic rings. The molecule has 0 radical (unpaired) electrons. The van der Waals surface area contributed by atoms with Gasteiger partial charge in [0, 0.05) is 13.1 Å². The monoisotopic (exact) mass is 249 g/mol. The first kappa shape index (κ1) is 12.4. The maximum absolute atomic E-state index is 12.2. The van der Waals surface area contributed by atoms with E-state index in [1.807, 2.05) is 0 Å². The zero-order valence-electron chi connectivity index (χ0n) is 10.6. The van der Waals surface area contributed by atoms with Gasteiger partial charge in [-0.1, -0.05) is 0 Å². The summed E-state index contributed by atoms with van der Waals surface area (Å²) >= 11 is 0. The number of rotatable bonds is 3. The fraction of sp³-hybridized carbons (Fsp3) is 0.333. The van der Waals surface area contributed by atoms with Gasteiger partial charge in [-0.3, -0.25) is 9.36 Å². The minimum Gasteiger partial charge on any atom is -0.497 e. The van der Waals surface area contributed by atoms with E-state index in [-0.39, 0.29) is 17.9 Å². The van der Waals surface area contributed by atoms with Crippen molar-refractivity contribution in [1.82, 2.24) is 14.5 Å². The van der Waals surface area contributed by atoms with E-state index in [9.17, 15) is 9.59 Å². The van der Waals surface area contributed by atoms with Gasteiger partial charge in [0.25, 0.3) is 5.56 Å². The molecule has 2 rings (SSSR count). The highest BCUT2D eigenvalue weighted by Gasteiger charge is 2.10. The SMILES string of the molecule is CNCn1c(=O)c2ccc(OC)cc2n(C)c1=O. The van der Waals surface area contributed by atoms with E-state index in [2.05, 4.69) is 5.32 Å². The van der Waals surface area contributed by atoms with Crippen LogP contribution in [0.2, 0.25) is 0 Å². The fourth-order valence-corrected chi connectivity index (χ4v) is 1.91. The van der Waals surface area contributed by atoms with Crippen LogP contribution >= 0.6 is 0 Å². The molecule has 0 fully saturated rings. The van der Waals surface area contributed by atoms with Crippen molar-refractivity contribution in [3.8, 4) is 5.75 Å². The van der Waals surface area contributed by atoms with E-state index in [0.29, 0.717) is 16.7 Å². The van der Waals surface area contributed by atoms with Gasteiger partial charge in [0.2, 0.25) is 0 Å². The zero-order chi connectivity index (χ0) is 13.3. The summed E-state index contributed by atoms with van der Waals surface area (Å²) in [4.78, 5) is 24.2. The molecule has 0 spiro atoms. The van der Waals surface area contributed by atoms with E-state index in [1.165, 1.54) is 4.57 Å². The Morgan fingerprint density at radius 2 is 2.06 bits per heavy atom. The number of nitrogens with one attached hydrogen (secondary N) is 1. The first-order chi connectivity index (χ1) is 8.60. The summed E-state index contributed by atoms with van der Waals surface area (Å²) in [5.41, 5.74) is -0.0862. The third-order valence-electron chi connectivity index (χ3n) is 2.88. The minimum atomic E-state index is -0.352. The van der Waals surface area contributed by atoms with Crippen LogP contribution < -0.4 is 21.3 Å². The van der Waals surface area contributed by atoms with E-state index in [0.717, 1.165) is 4.57 Å². The molecule has 0 aliphatic carbocycles. The Labute approximate surface area is 103 Å². The van der Waals surface area contributed by atoms with Crippen LogP contribution in [-0.2, 0) is 13.7 Å². The Balaban J connectivity index is 2.88. The van der Waals surface area contributed by atoms with Crippen molar-refractivity contribution in [2.75, 3.05) is 14.2 Å². The number of hydrogen-bond acceptors (Lipinski definition) is 4. The number of nitrogens with zero attached hydrogens (tertiary/aromatic N) is 2. The van der Waals surface area contributed by atoms with Crippen LogP contribution in [0.1, 0.15) is 0 Å². The van der Waals surface area contributed by atoms with Crippen molar-refractivity contribution in [2.24, 2.45) is 7.05 Å². The molecule has 1 aromatic carbocycles. The molecule has 0 saturated heterocycles. The van der Waals surface area contributed by atoms with E-state index >= 15 is 0 Å². The van der Waals surface area contributed by atoms with Gasteiger partial charge in [-0.15, -0.1) is 0 Å². The van der Waals surface area contributed by atoms with E-state index < -0.39 is 0 Å². The summed E-state index contributed by atoms with van der Waals surface area (Å²) in [5.74, 6) is 0.614. The lowest BCUT2D eigenvalue weighted by Crippen LogP contribution is -2.41. The molecule has 6 nitrogen and oxygen atoms in total. The first-order valence-corrected chi connectivity index (χ1v) is 5.52. The van der Waals surface area contributed by atoms with Crippen LogP contribution in [0.3, 0.4) is 0 Å². The molecule has 0 aliphatic heterocycles. The molecule has 0 atom stereocenters. The first-order valence-electron chi connectivity index (χ1n) is 5.52. The lowest BCUT2D eigenvalue weighted by Gasteiger charge is -2.11. The normalized spacial score (nSPS) is 10.8. The number of hydrogen-bond donors (Lipinski definition) is 1. The Hall–Kier alpha value is -2.08. The van der Waals surface area contributed by atoms with Gasteiger partial charge in [-0.2, -0.15) is 0 Å².